The average molecular weight is 351 g/mol. The molecule has 1 aromatic carbocycles. The van der Waals surface area contributed by atoms with Crippen LogP contribution in [0.3, 0.4) is 0 Å². The lowest BCUT2D eigenvalue weighted by atomic mass is 10.0. The molecule has 21 heavy (non-hydrogen) atoms. The van der Waals surface area contributed by atoms with Gasteiger partial charge < -0.3 is 5.32 Å². The Hall–Kier alpha value is 0.0500. The Morgan fingerprint density at radius 1 is 0.905 bits per heavy atom. The normalized spacial score (nSPS) is 12.9. The van der Waals surface area contributed by atoms with Crippen LogP contribution in [0.5, 0.6) is 0 Å². The van der Waals surface area contributed by atoms with Crippen molar-refractivity contribution in [3.63, 3.8) is 0 Å². The third kappa shape index (κ3) is 6.78. The molecule has 0 aliphatic heterocycles. The van der Waals surface area contributed by atoms with Crippen molar-refractivity contribution >= 4 is 34.8 Å². The minimum Gasteiger partial charge on any atom is -0.310 e. The van der Waals surface area contributed by atoms with Gasteiger partial charge in [0.1, 0.15) is 0 Å². The highest BCUT2D eigenvalue weighted by molar-refractivity contribution is 6.48. The number of benzene rings is 1. The highest BCUT2D eigenvalue weighted by Gasteiger charge is 2.13. The number of hydrogen-bond donors (Lipinski definition) is 1. The average Bonchev–Trinajstić information content (AvgIpc) is 2.43. The van der Waals surface area contributed by atoms with Gasteiger partial charge in [0.2, 0.25) is 0 Å². The van der Waals surface area contributed by atoms with Crippen LogP contribution in [-0.2, 0) is 0 Å². The number of hydrogen-bond acceptors (Lipinski definition) is 1. The Morgan fingerprint density at radius 3 is 2.24 bits per heavy atom. The molecule has 1 N–H and O–H groups in total. The number of rotatable bonds is 9. The van der Waals surface area contributed by atoms with Crippen molar-refractivity contribution in [1.29, 1.82) is 0 Å². The molecule has 0 fully saturated rings. The summed E-state index contributed by atoms with van der Waals surface area (Å²) >= 11 is 18.3. The highest BCUT2D eigenvalue weighted by atomic mass is 35.5. The molecule has 1 atom stereocenters. The summed E-state index contributed by atoms with van der Waals surface area (Å²) in [7, 11) is 0. The summed E-state index contributed by atoms with van der Waals surface area (Å²) in [6, 6.07) is 3.93. The molecule has 1 rings (SSSR count). The van der Waals surface area contributed by atoms with Crippen molar-refractivity contribution in [3.05, 3.63) is 32.8 Å². The third-order valence-electron chi connectivity index (χ3n) is 3.69. The van der Waals surface area contributed by atoms with E-state index in [4.69, 9.17) is 34.8 Å². The zero-order valence-corrected chi connectivity index (χ0v) is 15.5. The van der Waals surface area contributed by atoms with E-state index < -0.39 is 0 Å². The van der Waals surface area contributed by atoms with E-state index in [0.29, 0.717) is 15.1 Å². The minimum absolute atomic E-state index is 0.183. The molecule has 0 heterocycles. The molecule has 0 radical (unpaired) electrons. The molecule has 0 amide bonds. The second-order valence-corrected chi connectivity index (χ2v) is 7.20. The van der Waals surface area contributed by atoms with Gasteiger partial charge >= 0.3 is 0 Å². The van der Waals surface area contributed by atoms with Crippen LogP contribution in [0.1, 0.15) is 64.5 Å². The van der Waals surface area contributed by atoms with E-state index in [1.807, 2.05) is 6.07 Å². The summed E-state index contributed by atoms with van der Waals surface area (Å²) < 4.78 is 0. The second kappa shape index (κ2) is 9.94. The fourth-order valence-electron chi connectivity index (χ4n) is 2.33. The van der Waals surface area contributed by atoms with E-state index in [9.17, 15) is 0 Å². The Balaban J connectivity index is 2.28. The second-order valence-electron chi connectivity index (χ2n) is 6.04. The van der Waals surface area contributed by atoms with Gasteiger partial charge in [-0.05, 0) is 37.4 Å². The van der Waals surface area contributed by atoms with Gasteiger partial charge in [-0.1, -0.05) is 80.4 Å². The van der Waals surface area contributed by atoms with Crippen LogP contribution in [0.15, 0.2) is 12.1 Å². The van der Waals surface area contributed by atoms with Gasteiger partial charge in [0, 0.05) is 6.04 Å². The first-order valence-corrected chi connectivity index (χ1v) is 8.93. The van der Waals surface area contributed by atoms with Crippen molar-refractivity contribution < 1.29 is 0 Å². The van der Waals surface area contributed by atoms with E-state index in [-0.39, 0.29) is 6.04 Å². The molecule has 1 nitrogen and oxygen atoms in total. The van der Waals surface area contributed by atoms with Crippen LogP contribution in [0.2, 0.25) is 15.1 Å². The van der Waals surface area contributed by atoms with Crippen molar-refractivity contribution in [1.82, 2.24) is 5.32 Å². The van der Waals surface area contributed by atoms with Crippen LogP contribution in [0, 0.1) is 5.92 Å². The van der Waals surface area contributed by atoms with Gasteiger partial charge in [-0.2, -0.15) is 0 Å². The summed E-state index contributed by atoms with van der Waals surface area (Å²) in [6.07, 6.45) is 6.47. The fraction of sp³-hybridized carbons (Fsp3) is 0.647. The predicted octanol–water partition coefficient (Wildman–Crippen LogP) is 6.90. The van der Waals surface area contributed by atoms with Crippen molar-refractivity contribution in [3.8, 4) is 0 Å². The van der Waals surface area contributed by atoms with E-state index >= 15 is 0 Å². The molecule has 4 heteroatoms. The lowest BCUT2D eigenvalue weighted by molar-refractivity contribution is 0.498. The maximum absolute atomic E-state index is 6.25. The zero-order valence-electron chi connectivity index (χ0n) is 13.2. The third-order valence-corrected chi connectivity index (χ3v) is 5.00. The molecule has 0 saturated heterocycles. The first-order valence-electron chi connectivity index (χ1n) is 7.80. The summed E-state index contributed by atoms with van der Waals surface area (Å²) in [5, 5.41) is 5.00. The first-order chi connectivity index (χ1) is 9.93. The van der Waals surface area contributed by atoms with E-state index in [2.05, 4.69) is 26.1 Å². The predicted molar refractivity (Wildman–Crippen MR) is 95.8 cm³/mol. The number of unbranched alkanes of at least 4 members (excludes halogenated alkanes) is 3. The maximum atomic E-state index is 6.25. The zero-order chi connectivity index (χ0) is 15.8. The van der Waals surface area contributed by atoms with Crippen LogP contribution >= 0.6 is 34.8 Å². The van der Waals surface area contributed by atoms with E-state index in [1.165, 1.54) is 32.1 Å². The van der Waals surface area contributed by atoms with Gasteiger partial charge in [-0.3, -0.25) is 0 Å². The lowest BCUT2D eigenvalue weighted by Gasteiger charge is -2.17. The lowest BCUT2D eigenvalue weighted by Crippen LogP contribution is -2.20. The largest absolute Gasteiger partial charge is 0.310 e. The molecule has 0 aliphatic rings. The number of nitrogens with one attached hydrogen (secondary N) is 1. The van der Waals surface area contributed by atoms with Gasteiger partial charge in [0.05, 0.1) is 15.1 Å². The highest BCUT2D eigenvalue weighted by Crippen LogP contribution is 2.35. The van der Waals surface area contributed by atoms with Gasteiger partial charge in [-0.25, -0.2) is 0 Å². The van der Waals surface area contributed by atoms with Crippen LogP contribution < -0.4 is 5.32 Å². The summed E-state index contributed by atoms with van der Waals surface area (Å²) in [6.45, 7) is 7.66. The van der Waals surface area contributed by atoms with E-state index in [1.54, 1.807) is 6.07 Å². The van der Waals surface area contributed by atoms with Crippen LogP contribution in [-0.4, -0.2) is 6.54 Å². The Labute approximate surface area is 144 Å². The minimum atomic E-state index is 0.183. The van der Waals surface area contributed by atoms with Gasteiger partial charge in [0.25, 0.3) is 0 Å². The van der Waals surface area contributed by atoms with Crippen molar-refractivity contribution in [2.45, 2.75) is 58.9 Å². The smallest absolute Gasteiger partial charge is 0.0781 e. The first kappa shape index (κ1) is 19.1. The molecule has 1 unspecified atom stereocenters. The molecule has 0 spiro atoms. The van der Waals surface area contributed by atoms with Crippen LogP contribution in [0.4, 0.5) is 0 Å². The molecule has 120 valence electrons. The Morgan fingerprint density at radius 2 is 1.57 bits per heavy atom. The molecular weight excluding hydrogens is 325 g/mol. The topological polar surface area (TPSA) is 12.0 Å². The van der Waals surface area contributed by atoms with Crippen molar-refractivity contribution in [2.24, 2.45) is 5.92 Å². The molecule has 0 saturated carbocycles. The Kier molecular flexibility index (Phi) is 9.04. The Bertz CT molecular complexity index is 432. The monoisotopic (exact) mass is 349 g/mol. The summed E-state index contributed by atoms with van der Waals surface area (Å²) in [5.74, 6) is 0.819. The van der Waals surface area contributed by atoms with Gasteiger partial charge in [-0.15, -0.1) is 0 Å². The molecule has 0 aromatic heterocycles. The van der Waals surface area contributed by atoms with Crippen LogP contribution in [0.25, 0.3) is 0 Å². The molecular formula is C17H26Cl3N. The fourth-order valence-corrected chi connectivity index (χ4v) is 3.04. The molecule has 0 bridgehead atoms. The van der Waals surface area contributed by atoms with Gasteiger partial charge in [0.15, 0.2) is 0 Å². The SMILES string of the molecule is CC(C)CCCCCCNC(C)c1ccc(Cl)c(Cl)c1Cl. The summed E-state index contributed by atoms with van der Waals surface area (Å²) in [5.41, 5.74) is 1.01. The number of halogens is 3. The molecule has 0 aliphatic carbocycles. The quantitative estimate of drug-likeness (QED) is 0.377. The van der Waals surface area contributed by atoms with Crippen molar-refractivity contribution in [2.75, 3.05) is 6.54 Å². The maximum Gasteiger partial charge on any atom is 0.0781 e. The summed E-state index contributed by atoms with van der Waals surface area (Å²) in [4.78, 5) is 0. The molecule has 1 aromatic rings. The standard InChI is InChI=1S/C17H26Cl3N/c1-12(2)8-6-4-5-7-11-21-13(3)14-9-10-15(18)17(20)16(14)19/h9-10,12-13,21H,4-8,11H2,1-3H3. The van der Waals surface area contributed by atoms with E-state index in [0.717, 1.165) is 18.0 Å².